The fourth-order valence-corrected chi connectivity index (χ4v) is 3.74. The first-order chi connectivity index (χ1) is 9.60. The molecule has 0 aliphatic carbocycles. The van der Waals surface area contributed by atoms with E-state index in [-0.39, 0.29) is 17.9 Å². The highest BCUT2D eigenvalue weighted by Crippen LogP contribution is 2.32. The number of rotatable bonds is 7. The molecule has 2 bridgehead atoms. The lowest BCUT2D eigenvalue weighted by Gasteiger charge is -2.31. The number of hydrogen-bond donors (Lipinski definition) is 3. The Labute approximate surface area is 122 Å². The molecular formula is C16H30N2O2. The van der Waals surface area contributed by atoms with Gasteiger partial charge in [-0.05, 0) is 44.4 Å². The molecule has 2 rings (SSSR count). The Bertz CT molecular complexity index is 308. The topological polar surface area (TPSA) is 61.4 Å². The maximum Gasteiger partial charge on any atom is 0.220 e. The van der Waals surface area contributed by atoms with E-state index in [0.29, 0.717) is 31.0 Å². The van der Waals surface area contributed by atoms with Gasteiger partial charge in [0.15, 0.2) is 0 Å². The second-order valence-electron chi connectivity index (χ2n) is 6.82. The molecule has 2 aliphatic rings. The summed E-state index contributed by atoms with van der Waals surface area (Å²) < 4.78 is 0. The number of aliphatic hydroxyl groups excluding tert-OH is 1. The van der Waals surface area contributed by atoms with Crippen LogP contribution in [-0.2, 0) is 4.79 Å². The molecule has 4 heteroatoms. The van der Waals surface area contributed by atoms with Crippen molar-refractivity contribution < 1.29 is 9.90 Å². The van der Waals surface area contributed by atoms with Crippen molar-refractivity contribution >= 4 is 5.91 Å². The molecule has 0 aromatic heterocycles. The summed E-state index contributed by atoms with van der Waals surface area (Å²) in [6, 6.07) is 1.30. The summed E-state index contributed by atoms with van der Waals surface area (Å²) in [4.78, 5) is 12.1. The van der Waals surface area contributed by atoms with Crippen LogP contribution in [0.3, 0.4) is 0 Å². The Morgan fingerprint density at radius 2 is 1.85 bits per heavy atom. The molecule has 20 heavy (non-hydrogen) atoms. The first-order valence-corrected chi connectivity index (χ1v) is 8.24. The molecule has 2 heterocycles. The van der Waals surface area contributed by atoms with E-state index in [9.17, 15) is 9.90 Å². The summed E-state index contributed by atoms with van der Waals surface area (Å²) in [7, 11) is 0. The van der Waals surface area contributed by atoms with E-state index in [1.807, 2.05) is 0 Å². The average molecular weight is 282 g/mol. The number of aliphatic hydroxyl groups is 1. The zero-order chi connectivity index (χ0) is 14.6. The molecule has 116 valence electrons. The summed E-state index contributed by atoms with van der Waals surface area (Å²) in [5.41, 5.74) is -0.136. The molecule has 0 spiro atoms. The fraction of sp³-hybridized carbons (Fsp3) is 0.938. The van der Waals surface area contributed by atoms with E-state index in [0.717, 1.165) is 25.7 Å². The number of carbonyl (C=O) groups excluding carboxylic acids is 1. The summed E-state index contributed by atoms with van der Waals surface area (Å²) >= 11 is 0. The minimum absolute atomic E-state index is 0.136. The van der Waals surface area contributed by atoms with Crippen LogP contribution in [0.1, 0.15) is 58.8 Å². The summed E-state index contributed by atoms with van der Waals surface area (Å²) in [5, 5.41) is 16.2. The van der Waals surface area contributed by atoms with E-state index >= 15 is 0 Å². The molecule has 2 unspecified atom stereocenters. The van der Waals surface area contributed by atoms with Crippen LogP contribution in [0.5, 0.6) is 0 Å². The van der Waals surface area contributed by atoms with E-state index in [4.69, 9.17) is 0 Å². The first kappa shape index (κ1) is 15.8. The first-order valence-electron chi connectivity index (χ1n) is 8.24. The maximum absolute atomic E-state index is 12.1. The van der Waals surface area contributed by atoms with Crippen LogP contribution in [0, 0.1) is 11.3 Å². The van der Waals surface area contributed by atoms with Crippen LogP contribution >= 0.6 is 0 Å². The third-order valence-electron chi connectivity index (χ3n) is 5.54. The van der Waals surface area contributed by atoms with Crippen molar-refractivity contribution in [1.29, 1.82) is 0 Å². The van der Waals surface area contributed by atoms with Gasteiger partial charge in [0.25, 0.3) is 0 Å². The molecule has 0 saturated carbocycles. The number of amides is 1. The largest absolute Gasteiger partial charge is 0.396 e. The highest BCUT2D eigenvalue weighted by atomic mass is 16.3. The van der Waals surface area contributed by atoms with Crippen LogP contribution in [0.15, 0.2) is 0 Å². The molecule has 1 amide bonds. The highest BCUT2D eigenvalue weighted by Gasteiger charge is 2.34. The molecule has 2 saturated heterocycles. The zero-order valence-electron chi connectivity index (χ0n) is 13.0. The van der Waals surface area contributed by atoms with Crippen molar-refractivity contribution in [2.45, 2.75) is 70.9 Å². The Hall–Kier alpha value is -0.610. The van der Waals surface area contributed by atoms with Crippen LogP contribution in [0.25, 0.3) is 0 Å². The van der Waals surface area contributed by atoms with E-state index in [1.54, 1.807) is 0 Å². The predicted octanol–water partition coefficient (Wildman–Crippen LogP) is 1.82. The van der Waals surface area contributed by atoms with Crippen molar-refractivity contribution in [2.75, 3.05) is 13.2 Å². The van der Waals surface area contributed by atoms with E-state index in [2.05, 4.69) is 24.5 Å². The molecule has 3 N–H and O–H groups in total. The predicted molar refractivity (Wildman–Crippen MR) is 80.4 cm³/mol. The lowest BCUT2D eigenvalue weighted by Crippen LogP contribution is -2.42. The molecule has 2 aliphatic heterocycles. The molecular weight excluding hydrogens is 252 g/mol. The standard InChI is InChI=1S/C16H30N2O2/c1-3-16(4-2,11-19)10-17-15(20)9-12-7-13-5-6-14(8-12)18-13/h12-14,18-19H,3-11H2,1-2H3,(H,17,20). The SMILES string of the molecule is CCC(CC)(CO)CNC(=O)CC1CC2CCC(C1)N2. The van der Waals surface area contributed by atoms with Crippen LogP contribution < -0.4 is 10.6 Å². The van der Waals surface area contributed by atoms with Gasteiger partial charge in [0.05, 0.1) is 6.61 Å². The average Bonchev–Trinajstić information content (AvgIpc) is 2.80. The van der Waals surface area contributed by atoms with Crippen LogP contribution in [0.2, 0.25) is 0 Å². The molecule has 0 aromatic carbocycles. The molecule has 2 fully saturated rings. The number of piperidine rings is 1. The molecule has 4 nitrogen and oxygen atoms in total. The molecule has 0 radical (unpaired) electrons. The summed E-state index contributed by atoms with van der Waals surface area (Å²) in [6.45, 7) is 4.91. The second-order valence-corrected chi connectivity index (χ2v) is 6.82. The van der Waals surface area contributed by atoms with E-state index in [1.165, 1.54) is 12.8 Å². The zero-order valence-corrected chi connectivity index (χ0v) is 13.0. The molecule has 2 atom stereocenters. The Morgan fingerprint density at radius 1 is 1.25 bits per heavy atom. The number of fused-ring (bicyclic) bond motifs is 2. The van der Waals surface area contributed by atoms with Gasteiger partial charge in [-0.3, -0.25) is 4.79 Å². The van der Waals surface area contributed by atoms with Gasteiger partial charge in [0.2, 0.25) is 5.91 Å². The minimum atomic E-state index is -0.136. The van der Waals surface area contributed by atoms with Crippen molar-refractivity contribution in [2.24, 2.45) is 11.3 Å². The van der Waals surface area contributed by atoms with Gasteiger partial charge in [0, 0.05) is 30.5 Å². The monoisotopic (exact) mass is 282 g/mol. The van der Waals surface area contributed by atoms with Crippen molar-refractivity contribution in [3.05, 3.63) is 0 Å². The second kappa shape index (κ2) is 6.90. The number of carbonyl (C=O) groups is 1. The van der Waals surface area contributed by atoms with Gasteiger partial charge in [-0.1, -0.05) is 13.8 Å². The third kappa shape index (κ3) is 3.73. The number of nitrogens with one attached hydrogen (secondary N) is 2. The lowest BCUT2D eigenvalue weighted by atomic mass is 9.83. The van der Waals surface area contributed by atoms with Gasteiger partial charge in [-0.2, -0.15) is 0 Å². The highest BCUT2D eigenvalue weighted by molar-refractivity contribution is 5.76. The van der Waals surface area contributed by atoms with Gasteiger partial charge in [-0.25, -0.2) is 0 Å². The van der Waals surface area contributed by atoms with Crippen molar-refractivity contribution in [3.8, 4) is 0 Å². The van der Waals surface area contributed by atoms with Gasteiger partial charge < -0.3 is 15.7 Å². The summed E-state index contributed by atoms with van der Waals surface area (Å²) in [5.74, 6) is 0.705. The Balaban J connectivity index is 1.75. The van der Waals surface area contributed by atoms with Crippen LogP contribution in [-0.4, -0.2) is 36.2 Å². The third-order valence-corrected chi connectivity index (χ3v) is 5.54. The fourth-order valence-electron chi connectivity index (χ4n) is 3.74. The van der Waals surface area contributed by atoms with Gasteiger partial charge in [0.1, 0.15) is 0 Å². The van der Waals surface area contributed by atoms with Crippen LogP contribution in [0.4, 0.5) is 0 Å². The maximum atomic E-state index is 12.1. The quantitative estimate of drug-likeness (QED) is 0.667. The lowest BCUT2D eigenvalue weighted by molar-refractivity contribution is -0.123. The summed E-state index contributed by atoms with van der Waals surface area (Å²) in [6.07, 6.45) is 7.32. The Kier molecular flexibility index (Phi) is 5.44. The van der Waals surface area contributed by atoms with Crippen molar-refractivity contribution in [3.63, 3.8) is 0 Å². The van der Waals surface area contributed by atoms with Crippen molar-refractivity contribution in [1.82, 2.24) is 10.6 Å². The number of hydrogen-bond acceptors (Lipinski definition) is 3. The van der Waals surface area contributed by atoms with Gasteiger partial charge in [-0.15, -0.1) is 0 Å². The van der Waals surface area contributed by atoms with E-state index < -0.39 is 0 Å². The molecule has 0 aromatic rings. The Morgan fingerprint density at radius 3 is 2.35 bits per heavy atom. The minimum Gasteiger partial charge on any atom is -0.396 e. The van der Waals surface area contributed by atoms with Gasteiger partial charge >= 0.3 is 0 Å². The normalized spacial score (nSPS) is 29.4. The smallest absolute Gasteiger partial charge is 0.220 e.